The number of esters is 1. The summed E-state index contributed by atoms with van der Waals surface area (Å²) in [4.78, 5) is 20.9. The number of halogens is 1. The predicted octanol–water partition coefficient (Wildman–Crippen LogP) is 1.45. The van der Waals surface area contributed by atoms with Crippen LogP contribution in [0.3, 0.4) is 0 Å². The monoisotopic (exact) mass is 238 g/mol. The molecule has 0 rings (SSSR count). The molecule has 0 aromatic rings. The van der Waals surface area contributed by atoms with Crippen molar-refractivity contribution in [2.75, 3.05) is 6.61 Å². The van der Waals surface area contributed by atoms with Crippen molar-refractivity contribution in [3.05, 3.63) is 12.7 Å². The van der Waals surface area contributed by atoms with E-state index in [9.17, 15) is 9.59 Å². The van der Waals surface area contributed by atoms with Crippen LogP contribution in [-0.2, 0) is 14.3 Å². The van der Waals surface area contributed by atoms with Crippen molar-refractivity contribution in [1.82, 2.24) is 0 Å². The summed E-state index contributed by atoms with van der Waals surface area (Å²) < 4.78 is 3.44. The molecule has 0 aromatic heterocycles. The Bertz CT molecular complexity index is 239. The summed E-state index contributed by atoms with van der Waals surface area (Å²) in [7, 11) is 0. The van der Waals surface area contributed by atoms with Gasteiger partial charge in [-0.3, -0.25) is 4.79 Å². The molecule has 0 fully saturated rings. The lowest BCUT2D eigenvalue weighted by atomic mass is 10.2. The molecule has 6 heteroatoms. The van der Waals surface area contributed by atoms with Crippen molar-refractivity contribution in [1.29, 1.82) is 0 Å². The number of rotatable bonds is 6. The number of carboxylic acid groups (broad SMARTS) is 1. The SMILES string of the molecule is C=CC(=O)OCCC(S)(Cl)CC(=O)O. The highest BCUT2D eigenvalue weighted by molar-refractivity contribution is 7.83. The number of hydrogen-bond donors (Lipinski definition) is 2. The van der Waals surface area contributed by atoms with Crippen molar-refractivity contribution in [2.24, 2.45) is 0 Å². The lowest BCUT2D eigenvalue weighted by Gasteiger charge is -2.17. The van der Waals surface area contributed by atoms with E-state index in [1.807, 2.05) is 0 Å². The summed E-state index contributed by atoms with van der Waals surface area (Å²) in [6, 6.07) is 0. The Morgan fingerprint density at radius 1 is 1.64 bits per heavy atom. The van der Waals surface area contributed by atoms with Crippen LogP contribution in [0.2, 0.25) is 0 Å². The molecular weight excluding hydrogens is 228 g/mol. The number of alkyl halides is 1. The Labute approximate surface area is 92.3 Å². The fourth-order valence-electron chi connectivity index (χ4n) is 0.687. The molecule has 0 amide bonds. The Morgan fingerprint density at radius 2 is 2.21 bits per heavy atom. The van der Waals surface area contributed by atoms with Gasteiger partial charge >= 0.3 is 11.9 Å². The minimum absolute atomic E-state index is 0.0190. The van der Waals surface area contributed by atoms with Crippen molar-refractivity contribution in [3.63, 3.8) is 0 Å². The molecule has 0 radical (unpaired) electrons. The molecule has 4 nitrogen and oxygen atoms in total. The second kappa shape index (κ2) is 5.93. The quantitative estimate of drug-likeness (QED) is 0.318. The van der Waals surface area contributed by atoms with Crippen molar-refractivity contribution in [2.45, 2.75) is 17.0 Å². The predicted molar refractivity (Wildman–Crippen MR) is 55.6 cm³/mol. The minimum Gasteiger partial charge on any atom is -0.481 e. The fourth-order valence-corrected chi connectivity index (χ4v) is 1.11. The molecule has 14 heavy (non-hydrogen) atoms. The van der Waals surface area contributed by atoms with E-state index in [4.69, 9.17) is 16.7 Å². The van der Waals surface area contributed by atoms with Crippen LogP contribution in [0.25, 0.3) is 0 Å². The molecule has 0 spiro atoms. The fraction of sp³-hybridized carbons (Fsp3) is 0.500. The van der Waals surface area contributed by atoms with E-state index >= 15 is 0 Å². The third kappa shape index (κ3) is 6.80. The maximum atomic E-state index is 10.6. The maximum Gasteiger partial charge on any atom is 0.330 e. The van der Waals surface area contributed by atoms with Crippen LogP contribution < -0.4 is 0 Å². The summed E-state index contributed by atoms with van der Waals surface area (Å²) >= 11 is 9.65. The van der Waals surface area contributed by atoms with Crippen LogP contribution in [0.4, 0.5) is 0 Å². The van der Waals surface area contributed by atoms with Crippen molar-refractivity contribution < 1.29 is 19.4 Å². The van der Waals surface area contributed by atoms with Gasteiger partial charge in [0.15, 0.2) is 0 Å². The largest absolute Gasteiger partial charge is 0.481 e. The molecule has 0 heterocycles. The first kappa shape index (κ1) is 13.3. The lowest BCUT2D eigenvalue weighted by molar-refractivity contribution is -0.138. The van der Waals surface area contributed by atoms with Crippen LogP contribution in [-0.4, -0.2) is 27.9 Å². The van der Waals surface area contributed by atoms with Crippen molar-refractivity contribution >= 4 is 36.2 Å². The third-order valence-electron chi connectivity index (χ3n) is 1.32. The Balaban J connectivity index is 3.81. The van der Waals surface area contributed by atoms with Gasteiger partial charge in [-0.15, -0.1) is 11.6 Å². The molecule has 0 aliphatic carbocycles. The van der Waals surface area contributed by atoms with Gasteiger partial charge in [0, 0.05) is 12.5 Å². The number of ether oxygens (including phenoxy) is 1. The number of thiol groups is 1. The molecule has 0 aromatic carbocycles. The van der Waals surface area contributed by atoms with Crippen LogP contribution in [0.5, 0.6) is 0 Å². The highest BCUT2D eigenvalue weighted by atomic mass is 35.5. The lowest BCUT2D eigenvalue weighted by Crippen LogP contribution is -2.21. The first-order valence-electron chi connectivity index (χ1n) is 3.79. The summed E-state index contributed by atoms with van der Waals surface area (Å²) in [5.41, 5.74) is 0. The van der Waals surface area contributed by atoms with E-state index in [0.717, 1.165) is 6.08 Å². The number of aliphatic carboxylic acids is 1. The van der Waals surface area contributed by atoms with E-state index in [0.29, 0.717) is 0 Å². The van der Waals surface area contributed by atoms with E-state index in [2.05, 4.69) is 23.9 Å². The number of carbonyl (C=O) groups is 2. The first-order chi connectivity index (χ1) is 6.37. The number of carboxylic acids is 1. The van der Waals surface area contributed by atoms with Crippen LogP contribution in [0, 0.1) is 0 Å². The Kier molecular flexibility index (Phi) is 5.64. The summed E-state index contributed by atoms with van der Waals surface area (Å²) in [5, 5.41) is 8.45. The maximum absolute atomic E-state index is 10.6. The zero-order valence-corrected chi connectivity index (χ0v) is 9.05. The zero-order chi connectivity index (χ0) is 11.2. The molecule has 0 saturated carbocycles. The molecule has 1 atom stereocenters. The number of carbonyl (C=O) groups excluding carboxylic acids is 1. The summed E-state index contributed by atoms with van der Waals surface area (Å²) in [6.45, 7) is 3.22. The van der Waals surface area contributed by atoms with Gasteiger partial charge in [0.1, 0.15) is 4.21 Å². The van der Waals surface area contributed by atoms with Gasteiger partial charge in [0.25, 0.3) is 0 Å². The molecule has 0 aliphatic heterocycles. The average Bonchev–Trinajstić information content (AvgIpc) is 2.01. The topological polar surface area (TPSA) is 63.6 Å². The highest BCUT2D eigenvalue weighted by Crippen LogP contribution is 2.28. The van der Waals surface area contributed by atoms with Crippen LogP contribution in [0.1, 0.15) is 12.8 Å². The highest BCUT2D eigenvalue weighted by Gasteiger charge is 2.25. The average molecular weight is 239 g/mol. The van der Waals surface area contributed by atoms with Gasteiger partial charge in [-0.25, -0.2) is 4.79 Å². The molecule has 0 saturated heterocycles. The van der Waals surface area contributed by atoms with Crippen molar-refractivity contribution in [3.8, 4) is 0 Å². The van der Waals surface area contributed by atoms with Crippen LogP contribution in [0.15, 0.2) is 12.7 Å². The smallest absolute Gasteiger partial charge is 0.330 e. The summed E-state index contributed by atoms with van der Waals surface area (Å²) in [6.07, 6.45) is 0.873. The van der Waals surface area contributed by atoms with E-state index in [-0.39, 0.29) is 19.4 Å². The van der Waals surface area contributed by atoms with Gasteiger partial charge in [-0.05, 0) is 0 Å². The van der Waals surface area contributed by atoms with E-state index in [1.54, 1.807) is 0 Å². The van der Waals surface area contributed by atoms with Gasteiger partial charge < -0.3 is 9.84 Å². The molecule has 1 unspecified atom stereocenters. The first-order valence-corrected chi connectivity index (χ1v) is 4.62. The third-order valence-corrected chi connectivity index (χ3v) is 2.02. The van der Waals surface area contributed by atoms with E-state index in [1.165, 1.54) is 0 Å². The van der Waals surface area contributed by atoms with Crippen LogP contribution >= 0.6 is 24.2 Å². The molecule has 0 aliphatic rings. The molecule has 80 valence electrons. The Morgan fingerprint density at radius 3 is 2.64 bits per heavy atom. The zero-order valence-electron chi connectivity index (χ0n) is 7.40. The van der Waals surface area contributed by atoms with Gasteiger partial charge in [-0.2, -0.15) is 12.6 Å². The summed E-state index contributed by atoms with van der Waals surface area (Å²) in [5.74, 6) is -1.62. The van der Waals surface area contributed by atoms with Gasteiger partial charge in [0.05, 0.1) is 13.0 Å². The molecule has 1 N–H and O–H groups in total. The normalized spacial score (nSPS) is 14.1. The van der Waals surface area contributed by atoms with Gasteiger partial charge in [0.2, 0.25) is 0 Å². The standard InChI is InChI=1S/C8H11ClO4S/c1-2-7(12)13-4-3-8(9,14)5-6(10)11/h2,14H,1,3-5H2,(H,10,11). The Hall–Kier alpha value is -0.680. The second-order valence-corrected chi connectivity index (χ2v) is 4.45. The number of hydrogen-bond acceptors (Lipinski definition) is 4. The molecule has 0 bridgehead atoms. The minimum atomic E-state index is -1.19. The second-order valence-electron chi connectivity index (χ2n) is 2.61. The molecular formula is C8H11ClO4S. The van der Waals surface area contributed by atoms with Gasteiger partial charge in [-0.1, -0.05) is 6.58 Å². The van der Waals surface area contributed by atoms with E-state index < -0.39 is 16.1 Å².